The van der Waals surface area contributed by atoms with Crippen LogP contribution in [0.3, 0.4) is 0 Å². The van der Waals surface area contributed by atoms with Crippen molar-refractivity contribution in [2.45, 2.75) is 18.2 Å². The number of furan rings is 1. The molecule has 0 atom stereocenters. The fourth-order valence-electron chi connectivity index (χ4n) is 3.03. The van der Waals surface area contributed by atoms with Gasteiger partial charge >= 0.3 is 4.87 Å². The number of benzene rings is 2. The van der Waals surface area contributed by atoms with Crippen molar-refractivity contribution < 1.29 is 17.6 Å². The molecule has 2 heterocycles. The summed E-state index contributed by atoms with van der Waals surface area (Å²) in [4.78, 5) is 23.8. The number of carbonyl (C=O) groups excluding carboxylic acids is 1. The van der Waals surface area contributed by atoms with E-state index in [2.05, 4.69) is 4.72 Å². The van der Waals surface area contributed by atoms with Gasteiger partial charge in [0.15, 0.2) is 0 Å². The maximum Gasteiger partial charge on any atom is 0.307 e. The molecule has 28 heavy (non-hydrogen) atoms. The molecule has 1 N–H and O–H groups in total. The zero-order valence-corrected chi connectivity index (χ0v) is 16.7. The van der Waals surface area contributed by atoms with Crippen molar-refractivity contribution in [3.05, 3.63) is 63.5 Å². The van der Waals surface area contributed by atoms with Crippen molar-refractivity contribution in [1.29, 1.82) is 0 Å². The maximum atomic E-state index is 12.6. The molecule has 1 amide bonds. The SMILES string of the molecule is Cc1ccc2c(CC(=O)NS(=O)(=O)c3ccc4c(c3)sc(=O)n4C)coc2c1. The predicted molar refractivity (Wildman–Crippen MR) is 107 cm³/mol. The van der Waals surface area contributed by atoms with Crippen molar-refractivity contribution in [2.24, 2.45) is 7.05 Å². The number of fused-ring (bicyclic) bond motifs is 2. The van der Waals surface area contributed by atoms with Gasteiger partial charge < -0.3 is 8.98 Å². The summed E-state index contributed by atoms with van der Waals surface area (Å²) in [7, 11) is -2.43. The van der Waals surface area contributed by atoms with Gasteiger partial charge in [-0.25, -0.2) is 13.1 Å². The Balaban J connectivity index is 1.58. The second kappa shape index (κ2) is 6.61. The monoisotopic (exact) mass is 416 g/mol. The third-order valence-electron chi connectivity index (χ3n) is 4.48. The van der Waals surface area contributed by atoms with Gasteiger partial charge in [0.2, 0.25) is 5.91 Å². The van der Waals surface area contributed by atoms with Crippen LogP contribution in [0.4, 0.5) is 0 Å². The molecule has 0 unspecified atom stereocenters. The van der Waals surface area contributed by atoms with Crippen molar-refractivity contribution in [3.8, 4) is 0 Å². The van der Waals surface area contributed by atoms with Crippen LogP contribution in [0.1, 0.15) is 11.1 Å². The van der Waals surface area contributed by atoms with Crippen LogP contribution in [-0.2, 0) is 28.3 Å². The van der Waals surface area contributed by atoms with E-state index < -0.39 is 15.9 Å². The van der Waals surface area contributed by atoms with Crippen molar-refractivity contribution in [1.82, 2.24) is 9.29 Å². The minimum atomic E-state index is -4.05. The Morgan fingerprint density at radius 2 is 2.00 bits per heavy atom. The number of thiazole rings is 1. The number of hydrogen-bond acceptors (Lipinski definition) is 6. The minimum Gasteiger partial charge on any atom is -0.464 e. The average Bonchev–Trinajstić information content (AvgIpc) is 3.14. The normalized spacial score (nSPS) is 11.9. The first-order chi connectivity index (χ1) is 13.2. The van der Waals surface area contributed by atoms with E-state index in [0.29, 0.717) is 21.4 Å². The number of aryl methyl sites for hydroxylation is 2. The molecule has 0 bridgehead atoms. The Hall–Kier alpha value is -2.91. The van der Waals surface area contributed by atoms with Crippen LogP contribution in [0.15, 0.2) is 56.8 Å². The van der Waals surface area contributed by atoms with E-state index in [1.165, 1.54) is 23.0 Å². The summed E-state index contributed by atoms with van der Waals surface area (Å²) in [6.45, 7) is 1.93. The van der Waals surface area contributed by atoms with E-state index in [4.69, 9.17) is 4.42 Å². The van der Waals surface area contributed by atoms with Crippen molar-refractivity contribution in [3.63, 3.8) is 0 Å². The topological polar surface area (TPSA) is 98.4 Å². The molecule has 2 aromatic heterocycles. The van der Waals surface area contributed by atoms with Crippen LogP contribution in [0, 0.1) is 6.92 Å². The Kier molecular flexibility index (Phi) is 4.35. The van der Waals surface area contributed by atoms with Crippen LogP contribution < -0.4 is 9.60 Å². The minimum absolute atomic E-state index is 0.0668. The molecule has 7 nitrogen and oxygen atoms in total. The van der Waals surface area contributed by atoms with Crippen LogP contribution in [-0.4, -0.2) is 18.9 Å². The van der Waals surface area contributed by atoms with Crippen molar-refractivity contribution >= 4 is 48.5 Å². The smallest absolute Gasteiger partial charge is 0.307 e. The number of nitrogens with zero attached hydrogens (tertiary/aromatic N) is 1. The first kappa shape index (κ1) is 18.5. The Labute approximate surface area is 164 Å². The third-order valence-corrected chi connectivity index (χ3v) is 6.85. The summed E-state index contributed by atoms with van der Waals surface area (Å²) in [6, 6.07) is 9.92. The van der Waals surface area contributed by atoms with Crippen LogP contribution in [0.2, 0.25) is 0 Å². The molecule has 0 saturated heterocycles. The first-order valence-electron chi connectivity index (χ1n) is 8.36. The summed E-state index contributed by atoms with van der Waals surface area (Å²) < 4.78 is 34.7. The molecular formula is C19H16N2O5S2. The average molecular weight is 416 g/mol. The van der Waals surface area contributed by atoms with Gasteiger partial charge in [-0.15, -0.1) is 0 Å². The number of aromatic nitrogens is 1. The Bertz CT molecular complexity index is 1390. The maximum absolute atomic E-state index is 12.6. The molecule has 0 fully saturated rings. The van der Waals surface area contributed by atoms with E-state index in [-0.39, 0.29) is 16.2 Å². The quantitative estimate of drug-likeness (QED) is 0.552. The predicted octanol–water partition coefficient (Wildman–Crippen LogP) is 2.70. The van der Waals surface area contributed by atoms with Gasteiger partial charge in [0, 0.05) is 18.0 Å². The molecule has 144 valence electrons. The highest BCUT2D eigenvalue weighted by Crippen LogP contribution is 2.24. The lowest BCUT2D eigenvalue weighted by molar-refractivity contribution is -0.118. The molecule has 0 radical (unpaired) electrons. The lowest BCUT2D eigenvalue weighted by Gasteiger charge is -2.07. The fraction of sp³-hybridized carbons (Fsp3) is 0.158. The fourth-order valence-corrected chi connectivity index (χ4v) is 5.03. The van der Waals surface area contributed by atoms with Gasteiger partial charge in [0.25, 0.3) is 10.0 Å². The molecular weight excluding hydrogens is 400 g/mol. The highest BCUT2D eigenvalue weighted by atomic mass is 32.2. The molecule has 4 rings (SSSR count). The molecule has 0 aliphatic heterocycles. The number of carbonyl (C=O) groups is 1. The van der Waals surface area contributed by atoms with Crippen molar-refractivity contribution in [2.75, 3.05) is 0 Å². The van der Waals surface area contributed by atoms with E-state index in [1.807, 2.05) is 25.1 Å². The summed E-state index contributed by atoms with van der Waals surface area (Å²) >= 11 is 0.952. The van der Waals surface area contributed by atoms with E-state index >= 15 is 0 Å². The summed E-state index contributed by atoms with van der Waals surface area (Å²) in [5, 5.41) is 0.772. The highest BCUT2D eigenvalue weighted by Gasteiger charge is 2.20. The van der Waals surface area contributed by atoms with Gasteiger partial charge in [0.05, 0.1) is 27.8 Å². The van der Waals surface area contributed by atoms with Gasteiger partial charge in [0.1, 0.15) is 5.58 Å². The molecule has 0 aliphatic carbocycles. The third kappa shape index (κ3) is 3.23. The Morgan fingerprint density at radius 1 is 1.21 bits per heavy atom. The first-order valence-corrected chi connectivity index (χ1v) is 10.7. The highest BCUT2D eigenvalue weighted by molar-refractivity contribution is 7.90. The number of rotatable bonds is 4. The van der Waals surface area contributed by atoms with E-state index in [9.17, 15) is 18.0 Å². The number of hydrogen-bond donors (Lipinski definition) is 1. The molecule has 4 aromatic rings. The summed E-state index contributed by atoms with van der Waals surface area (Å²) in [6.07, 6.45) is 1.33. The molecule has 0 saturated carbocycles. The molecule has 0 spiro atoms. The van der Waals surface area contributed by atoms with Crippen LogP contribution in [0.5, 0.6) is 0 Å². The summed E-state index contributed by atoms with van der Waals surface area (Å²) in [5.41, 5.74) is 2.92. The number of sulfonamides is 1. The zero-order chi connectivity index (χ0) is 20.1. The number of nitrogens with one attached hydrogen (secondary N) is 1. The lowest BCUT2D eigenvalue weighted by Crippen LogP contribution is -2.31. The van der Waals surface area contributed by atoms with E-state index in [0.717, 1.165) is 22.3 Å². The molecule has 2 aromatic carbocycles. The van der Waals surface area contributed by atoms with Crippen LogP contribution >= 0.6 is 11.3 Å². The lowest BCUT2D eigenvalue weighted by atomic mass is 10.1. The largest absolute Gasteiger partial charge is 0.464 e. The van der Waals surface area contributed by atoms with E-state index in [1.54, 1.807) is 13.1 Å². The summed E-state index contributed by atoms with van der Waals surface area (Å²) in [5.74, 6) is -0.662. The second-order valence-electron chi connectivity index (χ2n) is 6.52. The van der Waals surface area contributed by atoms with Gasteiger partial charge in [-0.2, -0.15) is 0 Å². The number of amides is 1. The van der Waals surface area contributed by atoms with Gasteiger partial charge in [-0.3, -0.25) is 9.59 Å². The van der Waals surface area contributed by atoms with Gasteiger partial charge in [-0.1, -0.05) is 23.5 Å². The molecule has 9 heteroatoms. The zero-order valence-electron chi connectivity index (χ0n) is 15.1. The molecule has 0 aliphatic rings. The second-order valence-corrected chi connectivity index (χ2v) is 9.20. The van der Waals surface area contributed by atoms with Gasteiger partial charge in [-0.05, 0) is 36.8 Å². The van der Waals surface area contributed by atoms with Crippen LogP contribution in [0.25, 0.3) is 21.2 Å². The standard InChI is InChI=1S/C19H16N2O5S2/c1-11-3-5-14-12(10-26-16(14)7-11)8-18(22)20-28(24,25)13-4-6-15-17(9-13)27-19(23)21(15)2/h3-7,9-10H,8H2,1-2H3,(H,20,22). The Morgan fingerprint density at radius 3 is 2.79 bits per heavy atom.